The van der Waals surface area contributed by atoms with E-state index in [2.05, 4.69) is 0 Å². The summed E-state index contributed by atoms with van der Waals surface area (Å²) in [7, 11) is 0. The number of esters is 1. The normalized spacial score (nSPS) is 17.5. The number of hydrogen-bond acceptors (Lipinski definition) is 7. The van der Waals surface area contributed by atoms with Gasteiger partial charge in [-0.25, -0.2) is 4.79 Å². The first-order chi connectivity index (χ1) is 13.1. The fourth-order valence-corrected chi connectivity index (χ4v) is 3.31. The summed E-state index contributed by atoms with van der Waals surface area (Å²) >= 11 is 0. The van der Waals surface area contributed by atoms with E-state index in [0.717, 1.165) is 32.4 Å². The van der Waals surface area contributed by atoms with Crippen LogP contribution in [0.3, 0.4) is 0 Å². The lowest BCUT2D eigenvalue weighted by Crippen LogP contribution is -2.42. The van der Waals surface area contributed by atoms with Crippen molar-refractivity contribution in [3.63, 3.8) is 0 Å². The Morgan fingerprint density at radius 3 is 2.48 bits per heavy atom. The highest BCUT2D eigenvalue weighted by Gasteiger charge is 2.24. The minimum absolute atomic E-state index is 0.0669. The van der Waals surface area contributed by atoms with Crippen molar-refractivity contribution in [3.05, 3.63) is 33.9 Å². The van der Waals surface area contributed by atoms with Crippen molar-refractivity contribution in [1.82, 2.24) is 4.90 Å². The zero-order valence-corrected chi connectivity index (χ0v) is 15.1. The molecule has 0 unspecified atom stereocenters. The summed E-state index contributed by atoms with van der Waals surface area (Å²) in [6.07, 6.45) is 3.10. The molecule has 3 rings (SSSR count). The number of carbonyl (C=O) groups excluding carboxylic acids is 2. The molecule has 0 aromatic heterocycles. The largest absolute Gasteiger partial charge is 0.452 e. The number of ether oxygens (including phenoxy) is 2. The minimum atomic E-state index is -0.745. The van der Waals surface area contributed by atoms with E-state index in [9.17, 15) is 19.7 Å². The molecule has 2 fully saturated rings. The Bertz CT molecular complexity index is 711. The van der Waals surface area contributed by atoms with Crippen molar-refractivity contribution in [3.8, 4) is 0 Å². The maximum Gasteiger partial charge on any atom is 0.338 e. The van der Waals surface area contributed by atoms with Gasteiger partial charge in [0.25, 0.3) is 11.6 Å². The molecule has 1 aromatic carbocycles. The van der Waals surface area contributed by atoms with Crippen molar-refractivity contribution in [2.75, 3.05) is 50.9 Å². The van der Waals surface area contributed by atoms with Crippen LogP contribution in [0, 0.1) is 10.1 Å². The van der Waals surface area contributed by atoms with E-state index in [1.165, 1.54) is 12.1 Å². The van der Waals surface area contributed by atoms with Crippen molar-refractivity contribution >= 4 is 23.3 Å². The highest BCUT2D eigenvalue weighted by atomic mass is 16.6. The predicted molar refractivity (Wildman–Crippen MR) is 96.8 cm³/mol. The van der Waals surface area contributed by atoms with Crippen LogP contribution >= 0.6 is 0 Å². The fourth-order valence-electron chi connectivity index (χ4n) is 3.31. The standard InChI is InChI=1S/C18H23N3O6/c22-17(20-8-10-26-11-9-20)13-27-18(23)14-4-5-15(16(12-14)21(24)25)19-6-2-1-3-7-19/h4-5,12H,1-3,6-11,13H2. The van der Waals surface area contributed by atoms with Crippen LogP contribution in [-0.2, 0) is 14.3 Å². The zero-order chi connectivity index (χ0) is 19.2. The van der Waals surface area contributed by atoms with E-state index < -0.39 is 10.9 Å². The average Bonchev–Trinajstić information content (AvgIpc) is 2.72. The lowest BCUT2D eigenvalue weighted by atomic mass is 10.1. The topological polar surface area (TPSA) is 102 Å². The molecule has 0 atom stereocenters. The number of nitro benzene ring substituents is 1. The van der Waals surface area contributed by atoms with Gasteiger partial charge in [0.2, 0.25) is 0 Å². The molecule has 1 amide bonds. The number of hydrogen-bond donors (Lipinski definition) is 0. The van der Waals surface area contributed by atoms with Crippen molar-refractivity contribution < 1.29 is 24.0 Å². The summed E-state index contributed by atoms with van der Waals surface area (Å²) in [6, 6.07) is 4.33. The van der Waals surface area contributed by atoms with Crippen LogP contribution in [-0.4, -0.2) is 67.7 Å². The molecule has 1 aromatic rings. The number of nitrogens with zero attached hydrogens (tertiary/aromatic N) is 3. The minimum Gasteiger partial charge on any atom is -0.452 e. The van der Waals surface area contributed by atoms with Gasteiger partial charge >= 0.3 is 5.97 Å². The Morgan fingerprint density at radius 1 is 1.11 bits per heavy atom. The molecule has 2 aliphatic heterocycles. The molecule has 0 saturated carbocycles. The average molecular weight is 377 g/mol. The molecule has 27 heavy (non-hydrogen) atoms. The first kappa shape index (κ1) is 19.1. The lowest BCUT2D eigenvalue weighted by molar-refractivity contribution is -0.384. The Balaban J connectivity index is 1.66. The molecule has 9 heteroatoms. The van der Waals surface area contributed by atoms with Gasteiger partial charge < -0.3 is 19.3 Å². The number of amides is 1. The molecule has 2 heterocycles. The molecular formula is C18H23N3O6. The molecule has 0 bridgehead atoms. The molecule has 0 N–H and O–H groups in total. The summed E-state index contributed by atoms with van der Waals surface area (Å²) in [5.41, 5.74) is 0.462. The van der Waals surface area contributed by atoms with Gasteiger partial charge in [-0.15, -0.1) is 0 Å². The van der Waals surface area contributed by atoms with Gasteiger partial charge in [0.05, 0.1) is 23.7 Å². The quantitative estimate of drug-likeness (QED) is 0.436. The van der Waals surface area contributed by atoms with Gasteiger partial charge in [0.1, 0.15) is 5.69 Å². The van der Waals surface area contributed by atoms with Crippen LogP contribution in [0.4, 0.5) is 11.4 Å². The van der Waals surface area contributed by atoms with Crippen LogP contribution in [0.1, 0.15) is 29.6 Å². The third kappa shape index (κ3) is 4.73. The number of piperidine rings is 1. The van der Waals surface area contributed by atoms with Gasteiger partial charge in [-0.1, -0.05) is 0 Å². The summed E-state index contributed by atoms with van der Waals surface area (Å²) in [5.74, 6) is -1.05. The number of benzene rings is 1. The Labute approximate surface area is 157 Å². The summed E-state index contributed by atoms with van der Waals surface area (Å²) in [5, 5.41) is 11.5. The van der Waals surface area contributed by atoms with Crippen LogP contribution in [0.2, 0.25) is 0 Å². The van der Waals surface area contributed by atoms with Crippen LogP contribution < -0.4 is 4.90 Å². The fraction of sp³-hybridized carbons (Fsp3) is 0.556. The maximum absolute atomic E-state index is 12.2. The van der Waals surface area contributed by atoms with E-state index in [1.807, 2.05) is 4.90 Å². The monoisotopic (exact) mass is 377 g/mol. The van der Waals surface area contributed by atoms with Crippen molar-refractivity contribution in [1.29, 1.82) is 0 Å². The second kappa shape index (κ2) is 8.81. The van der Waals surface area contributed by atoms with Gasteiger partial charge in [0.15, 0.2) is 6.61 Å². The van der Waals surface area contributed by atoms with Crippen LogP contribution in [0.15, 0.2) is 18.2 Å². The van der Waals surface area contributed by atoms with E-state index in [0.29, 0.717) is 32.0 Å². The molecular weight excluding hydrogens is 354 g/mol. The first-order valence-electron chi connectivity index (χ1n) is 9.12. The van der Waals surface area contributed by atoms with Crippen LogP contribution in [0.25, 0.3) is 0 Å². The van der Waals surface area contributed by atoms with Gasteiger partial charge in [-0.05, 0) is 31.4 Å². The number of carbonyl (C=O) groups is 2. The van der Waals surface area contributed by atoms with Crippen LogP contribution in [0.5, 0.6) is 0 Å². The van der Waals surface area contributed by atoms with Crippen molar-refractivity contribution in [2.24, 2.45) is 0 Å². The molecule has 0 spiro atoms. The zero-order valence-electron chi connectivity index (χ0n) is 15.1. The van der Waals surface area contributed by atoms with Gasteiger partial charge in [-0.3, -0.25) is 14.9 Å². The molecule has 2 aliphatic rings. The van der Waals surface area contributed by atoms with Crippen molar-refractivity contribution in [2.45, 2.75) is 19.3 Å². The molecule has 146 valence electrons. The summed E-state index contributed by atoms with van der Waals surface area (Å²) in [4.78, 5) is 38.8. The summed E-state index contributed by atoms with van der Waals surface area (Å²) in [6.45, 7) is 2.99. The first-order valence-corrected chi connectivity index (χ1v) is 9.12. The number of morpholine rings is 1. The SMILES string of the molecule is O=C(OCC(=O)N1CCOCC1)c1ccc(N2CCCCC2)c([N+](=O)[O-])c1. The third-order valence-electron chi connectivity index (χ3n) is 4.80. The summed E-state index contributed by atoms with van der Waals surface area (Å²) < 4.78 is 10.2. The lowest BCUT2D eigenvalue weighted by Gasteiger charge is -2.28. The highest BCUT2D eigenvalue weighted by molar-refractivity contribution is 5.93. The Morgan fingerprint density at radius 2 is 1.81 bits per heavy atom. The third-order valence-corrected chi connectivity index (χ3v) is 4.80. The molecule has 9 nitrogen and oxygen atoms in total. The maximum atomic E-state index is 12.2. The van der Waals surface area contributed by atoms with E-state index >= 15 is 0 Å². The van der Waals surface area contributed by atoms with Gasteiger partial charge in [-0.2, -0.15) is 0 Å². The van der Waals surface area contributed by atoms with E-state index in [1.54, 1.807) is 11.0 Å². The van der Waals surface area contributed by atoms with E-state index in [4.69, 9.17) is 9.47 Å². The predicted octanol–water partition coefficient (Wildman–Crippen LogP) is 1.60. The van der Waals surface area contributed by atoms with Gasteiger partial charge in [0, 0.05) is 32.2 Å². The Kier molecular flexibility index (Phi) is 6.23. The number of anilines is 1. The Hall–Kier alpha value is -2.68. The smallest absolute Gasteiger partial charge is 0.338 e. The number of rotatable bonds is 5. The molecule has 2 saturated heterocycles. The highest BCUT2D eigenvalue weighted by Crippen LogP contribution is 2.31. The molecule has 0 radical (unpaired) electrons. The number of nitro groups is 1. The van der Waals surface area contributed by atoms with E-state index in [-0.39, 0.29) is 23.8 Å². The second-order valence-corrected chi connectivity index (χ2v) is 6.58. The molecule has 0 aliphatic carbocycles. The second-order valence-electron chi connectivity index (χ2n) is 6.58.